The number of hydrogen-bond donors (Lipinski definition) is 2. The predicted molar refractivity (Wildman–Crippen MR) is 60.0 cm³/mol. The van der Waals surface area contributed by atoms with Crippen LogP contribution in [-0.2, 0) is 14.6 Å². The maximum absolute atomic E-state index is 11.9. The quantitative estimate of drug-likeness (QED) is 0.769. The van der Waals surface area contributed by atoms with Crippen LogP contribution in [0.2, 0.25) is 0 Å². The van der Waals surface area contributed by atoms with Crippen molar-refractivity contribution in [2.75, 3.05) is 7.11 Å². The number of carbonyl (C=O) groups excluding carboxylic acids is 1. The summed E-state index contributed by atoms with van der Waals surface area (Å²) in [5, 5.41) is 9.61. The molecule has 0 aliphatic heterocycles. The van der Waals surface area contributed by atoms with Crippen LogP contribution in [0.5, 0.6) is 5.75 Å². The molecule has 1 aromatic rings. The Hall–Kier alpha value is -1.60. The van der Waals surface area contributed by atoms with Gasteiger partial charge in [0.1, 0.15) is 5.75 Å². The lowest BCUT2D eigenvalue weighted by molar-refractivity contribution is -0.127. The molecule has 1 atom stereocenters. The highest BCUT2D eigenvalue weighted by atomic mass is 32.2. The normalized spacial score (nSPS) is 15.0. The van der Waals surface area contributed by atoms with Crippen LogP contribution < -0.4 is 10.5 Å². The van der Waals surface area contributed by atoms with E-state index in [4.69, 9.17) is 10.5 Å². The number of methoxy groups -OCH3 is 1. The summed E-state index contributed by atoms with van der Waals surface area (Å²) >= 11 is 0. The third-order valence-corrected chi connectivity index (χ3v) is 4.49. The molecule has 3 N–H and O–H groups in total. The topological polar surface area (TPSA) is 107 Å². The van der Waals surface area contributed by atoms with E-state index in [9.17, 15) is 18.3 Å². The Labute approximate surface area is 98.9 Å². The minimum Gasteiger partial charge on any atom is -0.497 e. The van der Waals surface area contributed by atoms with Crippen LogP contribution >= 0.6 is 0 Å². The van der Waals surface area contributed by atoms with Gasteiger partial charge in [-0.05, 0) is 31.2 Å². The minimum absolute atomic E-state index is 0.206. The van der Waals surface area contributed by atoms with Crippen LogP contribution in [0.3, 0.4) is 0 Å². The number of sulfone groups is 1. The molecule has 0 aliphatic rings. The van der Waals surface area contributed by atoms with Crippen LogP contribution in [-0.4, -0.2) is 31.5 Å². The highest BCUT2D eigenvalue weighted by molar-refractivity contribution is 7.93. The standard InChI is InChI=1S/C10H13NO5S/c1-10(13,9(11)12)17(14,15)8-5-3-7(16-2)4-6-8/h3-6,13H,1-2H3,(H2,11,12). The Morgan fingerprint density at radius 3 is 2.18 bits per heavy atom. The molecule has 0 aromatic heterocycles. The number of aliphatic hydroxyl groups is 1. The van der Waals surface area contributed by atoms with Crippen molar-refractivity contribution in [3.63, 3.8) is 0 Å². The van der Waals surface area contributed by atoms with Gasteiger partial charge in [-0.2, -0.15) is 0 Å². The Kier molecular flexibility index (Phi) is 3.44. The Morgan fingerprint density at radius 2 is 1.82 bits per heavy atom. The van der Waals surface area contributed by atoms with E-state index >= 15 is 0 Å². The maximum atomic E-state index is 11.9. The summed E-state index contributed by atoms with van der Waals surface area (Å²) in [5.41, 5.74) is 4.86. The van der Waals surface area contributed by atoms with Gasteiger partial charge in [-0.1, -0.05) is 0 Å². The second-order valence-corrected chi connectivity index (χ2v) is 5.80. The number of ether oxygens (including phenoxy) is 1. The van der Waals surface area contributed by atoms with Crippen molar-refractivity contribution in [3.8, 4) is 5.75 Å². The number of hydrogen-bond acceptors (Lipinski definition) is 5. The summed E-state index contributed by atoms with van der Waals surface area (Å²) in [7, 11) is -2.80. The van der Waals surface area contributed by atoms with Crippen molar-refractivity contribution >= 4 is 15.7 Å². The molecule has 0 fully saturated rings. The van der Waals surface area contributed by atoms with Gasteiger partial charge in [0.05, 0.1) is 12.0 Å². The molecule has 0 spiro atoms. The Morgan fingerprint density at radius 1 is 1.35 bits per heavy atom. The van der Waals surface area contributed by atoms with Crippen LogP contribution in [0.4, 0.5) is 0 Å². The van der Waals surface area contributed by atoms with Gasteiger partial charge in [0.2, 0.25) is 14.8 Å². The average Bonchev–Trinajstić information content (AvgIpc) is 2.28. The van der Waals surface area contributed by atoms with Crippen molar-refractivity contribution in [2.45, 2.75) is 16.8 Å². The first kappa shape index (κ1) is 13.5. The van der Waals surface area contributed by atoms with Gasteiger partial charge in [0.25, 0.3) is 5.91 Å². The van der Waals surface area contributed by atoms with E-state index in [0.717, 1.165) is 6.92 Å². The molecule has 1 rings (SSSR count). The van der Waals surface area contributed by atoms with E-state index < -0.39 is 20.7 Å². The molecule has 0 aliphatic carbocycles. The zero-order valence-corrected chi connectivity index (χ0v) is 10.2. The van der Waals surface area contributed by atoms with Crippen molar-refractivity contribution in [2.24, 2.45) is 5.73 Å². The van der Waals surface area contributed by atoms with E-state index in [1.54, 1.807) is 0 Å². The third-order valence-electron chi connectivity index (χ3n) is 2.35. The highest BCUT2D eigenvalue weighted by Crippen LogP contribution is 2.24. The van der Waals surface area contributed by atoms with Gasteiger partial charge in [-0.15, -0.1) is 0 Å². The lowest BCUT2D eigenvalue weighted by atomic mass is 10.3. The highest BCUT2D eigenvalue weighted by Gasteiger charge is 2.43. The van der Waals surface area contributed by atoms with E-state index in [0.29, 0.717) is 5.75 Å². The molecular formula is C10H13NO5S. The summed E-state index contributed by atoms with van der Waals surface area (Å²) in [6.07, 6.45) is 0. The smallest absolute Gasteiger partial charge is 0.265 e. The fourth-order valence-electron chi connectivity index (χ4n) is 1.12. The summed E-state index contributed by atoms with van der Waals surface area (Å²) < 4.78 is 28.7. The van der Waals surface area contributed by atoms with Crippen LogP contribution in [0, 0.1) is 0 Å². The van der Waals surface area contributed by atoms with Gasteiger partial charge >= 0.3 is 0 Å². The Balaban J connectivity index is 3.27. The Bertz CT molecular complexity index is 518. The van der Waals surface area contributed by atoms with E-state index in [1.165, 1.54) is 31.4 Å². The van der Waals surface area contributed by atoms with Gasteiger partial charge in [0, 0.05) is 0 Å². The second-order valence-electron chi connectivity index (χ2n) is 3.53. The van der Waals surface area contributed by atoms with Gasteiger partial charge in [-0.3, -0.25) is 4.79 Å². The molecule has 0 saturated heterocycles. The lowest BCUT2D eigenvalue weighted by Crippen LogP contribution is -2.47. The summed E-state index contributed by atoms with van der Waals surface area (Å²) in [4.78, 5) is 8.09. The molecule has 6 nitrogen and oxygen atoms in total. The summed E-state index contributed by atoms with van der Waals surface area (Å²) in [6.45, 7) is 0.842. The largest absolute Gasteiger partial charge is 0.497 e. The predicted octanol–water partition coefficient (Wildman–Crippen LogP) is -0.337. The van der Waals surface area contributed by atoms with Crippen LogP contribution in [0.15, 0.2) is 29.2 Å². The van der Waals surface area contributed by atoms with Crippen molar-refractivity contribution in [3.05, 3.63) is 24.3 Å². The number of benzene rings is 1. The number of rotatable bonds is 4. The molecule has 0 heterocycles. The van der Waals surface area contributed by atoms with Crippen molar-refractivity contribution in [1.29, 1.82) is 0 Å². The first-order valence-corrected chi connectivity index (χ1v) is 6.12. The van der Waals surface area contributed by atoms with Crippen molar-refractivity contribution < 1.29 is 23.1 Å². The second kappa shape index (κ2) is 4.34. The van der Waals surface area contributed by atoms with Gasteiger partial charge < -0.3 is 15.6 Å². The zero-order chi connectivity index (χ0) is 13.3. The fourth-order valence-corrected chi connectivity index (χ4v) is 2.33. The molecule has 0 radical (unpaired) electrons. The van der Waals surface area contributed by atoms with Crippen molar-refractivity contribution in [1.82, 2.24) is 0 Å². The number of amides is 1. The first-order chi connectivity index (χ1) is 7.73. The number of carbonyl (C=O) groups is 1. The molecule has 7 heteroatoms. The molecule has 1 amide bonds. The summed E-state index contributed by atoms with van der Waals surface area (Å²) in [5.74, 6) is -0.865. The lowest BCUT2D eigenvalue weighted by Gasteiger charge is -2.19. The minimum atomic E-state index is -4.24. The first-order valence-electron chi connectivity index (χ1n) is 4.64. The maximum Gasteiger partial charge on any atom is 0.265 e. The van der Waals surface area contributed by atoms with Gasteiger partial charge in [-0.25, -0.2) is 8.42 Å². The SMILES string of the molecule is COc1ccc(S(=O)(=O)C(C)(O)C(N)=O)cc1. The van der Waals surface area contributed by atoms with E-state index in [2.05, 4.69) is 0 Å². The van der Waals surface area contributed by atoms with E-state index in [1.807, 2.05) is 0 Å². The number of primary amides is 1. The van der Waals surface area contributed by atoms with Gasteiger partial charge in [0.15, 0.2) is 0 Å². The molecule has 17 heavy (non-hydrogen) atoms. The fraction of sp³-hybridized carbons (Fsp3) is 0.300. The average molecular weight is 259 g/mol. The molecule has 94 valence electrons. The monoisotopic (exact) mass is 259 g/mol. The van der Waals surface area contributed by atoms with Crippen LogP contribution in [0.25, 0.3) is 0 Å². The molecule has 0 bridgehead atoms. The summed E-state index contributed by atoms with van der Waals surface area (Å²) in [6, 6.07) is 5.27. The molecule has 1 unspecified atom stereocenters. The molecular weight excluding hydrogens is 246 g/mol. The number of nitrogens with two attached hydrogens (primary N) is 1. The third kappa shape index (κ3) is 2.25. The zero-order valence-electron chi connectivity index (χ0n) is 9.38. The van der Waals surface area contributed by atoms with Crippen LogP contribution in [0.1, 0.15) is 6.92 Å². The van der Waals surface area contributed by atoms with E-state index in [-0.39, 0.29) is 4.90 Å². The molecule has 1 aromatic carbocycles. The molecule has 0 saturated carbocycles.